The fourth-order valence-corrected chi connectivity index (χ4v) is 8.83. The van der Waals surface area contributed by atoms with Crippen molar-refractivity contribution in [3.05, 3.63) is 43.1 Å². The topological polar surface area (TPSA) is 201 Å². The second-order valence-electron chi connectivity index (χ2n) is 16.5. The number of rotatable bonds is 14. The van der Waals surface area contributed by atoms with Crippen molar-refractivity contribution in [2.45, 2.75) is 108 Å². The second kappa shape index (κ2) is 15.8. The number of amides is 4. The van der Waals surface area contributed by atoms with Crippen molar-refractivity contribution in [1.29, 1.82) is 0 Å². The SMILES string of the molecule is C=C[C@@H]1C[C@]1(NC(=O)[C@@H]1C[C@@H](Oc2nccc3cc(OC)ccc23)CN1C(=O)[C@@H](NC(=O)OC(C)(C)C)C1CCOCC1)C(=O)NS(=O)(=O)OC1(C(C)C)CC1.[HH].[HH].[HH]. The molecule has 56 heavy (non-hydrogen) atoms. The van der Waals surface area contributed by atoms with Crippen molar-refractivity contribution in [2.24, 2.45) is 17.8 Å². The molecule has 6 rings (SSSR count). The highest BCUT2D eigenvalue weighted by Gasteiger charge is 2.62. The van der Waals surface area contributed by atoms with E-state index in [1.807, 2.05) is 24.6 Å². The Morgan fingerprint density at radius 3 is 2.45 bits per heavy atom. The van der Waals surface area contributed by atoms with E-state index in [-0.39, 0.29) is 41.4 Å². The van der Waals surface area contributed by atoms with Gasteiger partial charge in [0.1, 0.15) is 35.1 Å². The quantitative estimate of drug-likeness (QED) is 0.229. The van der Waals surface area contributed by atoms with Gasteiger partial charge in [-0.2, -0.15) is 8.42 Å². The van der Waals surface area contributed by atoms with Crippen LogP contribution in [0.3, 0.4) is 0 Å². The van der Waals surface area contributed by atoms with E-state index in [0.29, 0.717) is 50.0 Å². The van der Waals surface area contributed by atoms with Crippen molar-refractivity contribution in [3.63, 3.8) is 0 Å². The monoisotopic (exact) mass is 805 g/mol. The number of carbonyl (C=O) groups excluding carboxylic acids is 4. The highest BCUT2D eigenvalue weighted by Crippen LogP contribution is 2.48. The van der Waals surface area contributed by atoms with Gasteiger partial charge < -0.3 is 34.5 Å². The lowest BCUT2D eigenvalue weighted by Crippen LogP contribution is -2.59. The number of fused-ring (bicyclic) bond motifs is 1. The van der Waals surface area contributed by atoms with E-state index in [2.05, 4.69) is 22.2 Å². The lowest BCUT2D eigenvalue weighted by atomic mass is 9.90. The van der Waals surface area contributed by atoms with Crippen LogP contribution in [0.1, 0.15) is 77.4 Å². The van der Waals surface area contributed by atoms with Gasteiger partial charge in [-0.15, -0.1) is 6.58 Å². The molecule has 5 atom stereocenters. The number of hydrogen-bond donors (Lipinski definition) is 3. The number of hydrogen-bond acceptors (Lipinski definition) is 12. The van der Waals surface area contributed by atoms with E-state index in [9.17, 15) is 27.6 Å². The van der Waals surface area contributed by atoms with E-state index < -0.39 is 75.0 Å². The minimum atomic E-state index is -4.54. The fraction of sp³-hybridized carbons (Fsp3) is 0.615. The molecule has 3 heterocycles. The smallest absolute Gasteiger partial charge is 0.408 e. The van der Waals surface area contributed by atoms with Gasteiger partial charge >= 0.3 is 16.4 Å². The van der Waals surface area contributed by atoms with Crippen LogP contribution in [0, 0.1) is 17.8 Å². The van der Waals surface area contributed by atoms with E-state index >= 15 is 0 Å². The lowest BCUT2D eigenvalue weighted by molar-refractivity contribution is -0.142. The predicted octanol–water partition coefficient (Wildman–Crippen LogP) is 4.28. The molecule has 0 spiro atoms. The molecule has 2 saturated carbocycles. The summed E-state index contributed by atoms with van der Waals surface area (Å²) in [5.41, 5.74) is -3.39. The van der Waals surface area contributed by atoms with Crippen LogP contribution >= 0.6 is 0 Å². The zero-order valence-electron chi connectivity index (χ0n) is 32.8. The summed E-state index contributed by atoms with van der Waals surface area (Å²) in [6.45, 7) is 13.3. The van der Waals surface area contributed by atoms with Gasteiger partial charge in [0, 0.05) is 41.4 Å². The zero-order valence-corrected chi connectivity index (χ0v) is 33.6. The first-order valence-electron chi connectivity index (χ1n) is 19.1. The number of alkyl carbamates (subject to hydrolysis) is 1. The first-order valence-corrected chi connectivity index (χ1v) is 20.5. The minimum Gasteiger partial charge on any atom is -0.497 e. The highest BCUT2D eigenvalue weighted by molar-refractivity contribution is 7.85. The van der Waals surface area contributed by atoms with E-state index in [1.54, 1.807) is 52.3 Å². The number of aromatic nitrogens is 1. The summed E-state index contributed by atoms with van der Waals surface area (Å²) in [5.74, 6) is -2.34. The van der Waals surface area contributed by atoms with Crippen molar-refractivity contribution < 1.29 is 55.0 Å². The van der Waals surface area contributed by atoms with Crippen LogP contribution in [0.5, 0.6) is 11.6 Å². The largest absolute Gasteiger partial charge is 0.497 e. The van der Waals surface area contributed by atoms with E-state index in [0.717, 1.165) is 5.39 Å². The average molecular weight is 806 g/mol. The summed E-state index contributed by atoms with van der Waals surface area (Å²) >= 11 is 0. The van der Waals surface area contributed by atoms with Crippen LogP contribution in [-0.2, 0) is 38.3 Å². The standard InChI is InChI=1S/C39H53N5O11S.3H2/c1-8-26-21-39(26,35(47)43-56(49,50)55-38(14-15-38)23(2)3)42-32(45)30-20-28(53-33-29-10-9-27(51-7)19-25(29)11-16-40-33)22-44(30)34(46)31(24-12-17-52-18-13-24)41-36(48)54-37(4,5)6;;;/h8-11,16,19,23-24,26,28,30-31H,1,12-15,17-18,20-22H2,2-7H3,(H,41,48)(H,42,45)(H,43,47);3*1H/t26-,28-,30+,31+,39-;;;/m1.../s1. The molecule has 2 aliphatic carbocycles. The second-order valence-corrected chi connectivity index (χ2v) is 17.7. The minimum absolute atomic E-state index is 0. The molecule has 1 aromatic heterocycles. The van der Waals surface area contributed by atoms with E-state index in [1.165, 1.54) is 11.0 Å². The normalized spacial score (nSPS) is 25.2. The summed E-state index contributed by atoms with van der Waals surface area (Å²) in [6, 6.07) is 4.95. The van der Waals surface area contributed by atoms with Gasteiger partial charge in [0.15, 0.2) is 0 Å². The van der Waals surface area contributed by atoms with Crippen LogP contribution in [0.4, 0.5) is 4.79 Å². The molecule has 17 heteroatoms. The molecule has 0 bridgehead atoms. The first-order chi connectivity index (χ1) is 26.4. The third kappa shape index (κ3) is 9.05. The summed E-state index contributed by atoms with van der Waals surface area (Å²) in [5, 5.41) is 7.03. The maximum Gasteiger partial charge on any atom is 0.408 e. The van der Waals surface area contributed by atoms with Crippen LogP contribution in [0.15, 0.2) is 43.1 Å². The zero-order chi connectivity index (χ0) is 40.6. The molecular formula is C39H59N5O11S. The van der Waals surface area contributed by atoms with Gasteiger partial charge in [-0.3, -0.25) is 14.4 Å². The molecule has 1 aromatic carbocycles. The number of nitrogens with one attached hydrogen (secondary N) is 3. The van der Waals surface area contributed by atoms with Crippen molar-refractivity contribution >= 4 is 44.9 Å². The Hall–Kier alpha value is -4.48. The summed E-state index contributed by atoms with van der Waals surface area (Å²) in [7, 11) is -2.97. The average Bonchev–Trinajstić information content (AvgIpc) is 4.03. The van der Waals surface area contributed by atoms with Gasteiger partial charge in [-0.05, 0) is 94.4 Å². The Kier molecular flexibility index (Phi) is 11.6. The molecule has 2 aliphatic heterocycles. The van der Waals surface area contributed by atoms with Crippen molar-refractivity contribution in [2.75, 3.05) is 26.9 Å². The molecule has 3 N–H and O–H groups in total. The highest BCUT2D eigenvalue weighted by atomic mass is 32.2. The Morgan fingerprint density at radius 1 is 1.12 bits per heavy atom. The van der Waals surface area contributed by atoms with Crippen molar-refractivity contribution in [3.8, 4) is 11.6 Å². The number of pyridine rings is 1. The Balaban J connectivity index is 0.00000310. The molecule has 312 valence electrons. The molecule has 0 unspecified atom stereocenters. The Labute approximate surface area is 332 Å². The number of benzene rings is 1. The van der Waals surface area contributed by atoms with Gasteiger partial charge in [-0.25, -0.2) is 18.7 Å². The number of methoxy groups -OCH3 is 1. The third-order valence-electron chi connectivity index (χ3n) is 11.1. The summed E-state index contributed by atoms with van der Waals surface area (Å²) in [4.78, 5) is 61.8. The van der Waals surface area contributed by atoms with Gasteiger partial charge in [0.25, 0.3) is 5.91 Å². The number of ether oxygens (including phenoxy) is 4. The summed E-state index contributed by atoms with van der Waals surface area (Å²) < 4.78 is 56.5. The summed E-state index contributed by atoms with van der Waals surface area (Å²) in [6.07, 6.45) is 3.60. The van der Waals surface area contributed by atoms with Crippen molar-refractivity contribution in [1.82, 2.24) is 25.2 Å². The molecule has 4 amide bonds. The van der Waals surface area contributed by atoms with Crippen LogP contribution in [-0.4, -0.2) is 104 Å². The Morgan fingerprint density at radius 2 is 1.84 bits per heavy atom. The first kappa shape index (κ1) is 41.2. The number of nitrogens with zero attached hydrogens (tertiary/aromatic N) is 2. The fourth-order valence-electron chi connectivity index (χ4n) is 7.59. The molecular weight excluding hydrogens is 747 g/mol. The van der Waals surface area contributed by atoms with Crippen LogP contribution < -0.4 is 24.8 Å². The number of carbonyl (C=O) groups is 4. The van der Waals surface area contributed by atoms with Crippen LogP contribution in [0.2, 0.25) is 0 Å². The maximum absolute atomic E-state index is 14.7. The third-order valence-corrected chi connectivity index (χ3v) is 12.1. The lowest BCUT2D eigenvalue weighted by Gasteiger charge is -2.35. The maximum atomic E-state index is 14.7. The van der Waals surface area contributed by atoms with E-state index in [4.69, 9.17) is 23.1 Å². The van der Waals surface area contributed by atoms with Gasteiger partial charge in [0.05, 0.1) is 19.3 Å². The molecule has 2 aromatic rings. The van der Waals surface area contributed by atoms with Gasteiger partial charge in [-0.1, -0.05) is 19.9 Å². The molecule has 0 radical (unpaired) electrons. The molecule has 4 fully saturated rings. The predicted molar refractivity (Wildman–Crippen MR) is 210 cm³/mol. The number of likely N-dealkylation sites (tertiary alicyclic amines) is 1. The van der Waals surface area contributed by atoms with Gasteiger partial charge in [0.2, 0.25) is 17.7 Å². The Bertz CT molecular complexity index is 1970. The molecule has 2 saturated heterocycles. The molecule has 4 aliphatic rings. The van der Waals surface area contributed by atoms with Crippen LogP contribution in [0.25, 0.3) is 10.8 Å². The molecule has 16 nitrogen and oxygen atoms in total.